The van der Waals surface area contributed by atoms with Gasteiger partial charge in [-0.25, -0.2) is 0 Å². The Morgan fingerprint density at radius 2 is 0.611 bits per heavy atom. The molecule has 0 aromatic rings. The number of hydrogen-bond donors (Lipinski definition) is 0. The van der Waals surface area contributed by atoms with Gasteiger partial charge in [-0.05, 0) is 31.1 Å². The van der Waals surface area contributed by atoms with E-state index < -0.39 is 6.10 Å². The third-order valence-electron chi connectivity index (χ3n) is 10.7. The average molecular weight is 765 g/mol. The number of carbonyl (C=O) groups excluding carboxylic acids is 3. The molecule has 320 valence electrons. The first kappa shape index (κ1) is 52.4. The Hall–Kier alpha value is -1.59. The lowest BCUT2D eigenvalue weighted by Gasteiger charge is -2.18. The van der Waals surface area contributed by atoms with Gasteiger partial charge in [-0.1, -0.05) is 221 Å². The Bertz CT molecular complexity index is 824. The molecule has 0 radical (unpaired) electrons. The molecule has 0 aromatic carbocycles. The van der Waals surface area contributed by atoms with E-state index in [4.69, 9.17) is 14.2 Å². The van der Waals surface area contributed by atoms with Gasteiger partial charge >= 0.3 is 17.9 Å². The fraction of sp³-hybridized carbons (Fsp3) is 0.938. The molecular weight excluding hydrogens is 673 g/mol. The van der Waals surface area contributed by atoms with Crippen LogP contribution in [0.5, 0.6) is 0 Å². The first-order chi connectivity index (χ1) is 26.2. The predicted octanol–water partition coefficient (Wildman–Crippen LogP) is 15.0. The summed E-state index contributed by atoms with van der Waals surface area (Å²) in [6.07, 6.45) is 39.9. The summed E-state index contributed by atoms with van der Waals surface area (Å²) in [6, 6.07) is 0. The molecule has 0 N–H and O–H groups in total. The van der Waals surface area contributed by atoms with Gasteiger partial charge in [-0.2, -0.15) is 0 Å². The second-order valence-electron chi connectivity index (χ2n) is 17.3. The molecule has 0 fully saturated rings. The third-order valence-corrected chi connectivity index (χ3v) is 10.7. The van der Waals surface area contributed by atoms with Crippen LogP contribution in [0.2, 0.25) is 0 Å². The Morgan fingerprint density at radius 1 is 0.352 bits per heavy atom. The molecule has 0 saturated heterocycles. The van der Waals surface area contributed by atoms with Gasteiger partial charge in [0.1, 0.15) is 13.2 Å². The topological polar surface area (TPSA) is 78.9 Å². The second-order valence-corrected chi connectivity index (χ2v) is 17.3. The zero-order valence-electron chi connectivity index (χ0n) is 36.8. The molecule has 0 spiro atoms. The normalized spacial score (nSPS) is 12.1. The summed E-state index contributed by atoms with van der Waals surface area (Å²) >= 11 is 0. The zero-order valence-corrected chi connectivity index (χ0v) is 36.8. The molecule has 0 heterocycles. The minimum absolute atomic E-state index is 0.0665. The fourth-order valence-corrected chi connectivity index (χ4v) is 7.11. The number of rotatable bonds is 42. The van der Waals surface area contributed by atoms with Crippen LogP contribution in [0, 0.1) is 11.8 Å². The molecule has 6 heteroatoms. The van der Waals surface area contributed by atoms with Gasteiger partial charge in [0.2, 0.25) is 0 Å². The third kappa shape index (κ3) is 41.6. The summed E-state index contributed by atoms with van der Waals surface area (Å²) in [4.78, 5) is 37.4. The van der Waals surface area contributed by atoms with Crippen LogP contribution in [0.1, 0.15) is 259 Å². The van der Waals surface area contributed by atoms with Crippen LogP contribution in [0.25, 0.3) is 0 Å². The van der Waals surface area contributed by atoms with E-state index >= 15 is 0 Å². The molecule has 0 aromatic heterocycles. The molecule has 0 unspecified atom stereocenters. The van der Waals surface area contributed by atoms with E-state index in [1.54, 1.807) is 0 Å². The van der Waals surface area contributed by atoms with Crippen molar-refractivity contribution in [3.63, 3.8) is 0 Å². The van der Waals surface area contributed by atoms with Gasteiger partial charge in [0.05, 0.1) is 0 Å². The molecular formula is C48H92O6. The van der Waals surface area contributed by atoms with E-state index in [-0.39, 0.29) is 31.1 Å². The molecule has 54 heavy (non-hydrogen) atoms. The van der Waals surface area contributed by atoms with Crippen molar-refractivity contribution in [1.82, 2.24) is 0 Å². The molecule has 1 atom stereocenters. The monoisotopic (exact) mass is 765 g/mol. The molecule has 0 rings (SSSR count). The van der Waals surface area contributed by atoms with Gasteiger partial charge in [0.25, 0.3) is 0 Å². The molecule has 0 aliphatic heterocycles. The highest BCUT2D eigenvalue weighted by Crippen LogP contribution is 2.17. The average Bonchev–Trinajstić information content (AvgIpc) is 3.14. The maximum Gasteiger partial charge on any atom is 0.306 e. The van der Waals surface area contributed by atoms with Gasteiger partial charge < -0.3 is 14.2 Å². The number of carbonyl (C=O) groups is 3. The van der Waals surface area contributed by atoms with E-state index in [1.165, 1.54) is 141 Å². The lowest BCUT2D eigenvalue weighted by atomic mass is 10.0. The molecule has 0 aliphatic rings. The molecule has 6 nitrogen and oxygen atoms in total. The highest BCUT2D eigenvalue weighted by molar-refractivity contribution is 5.71. The van der Waals surface area contributed by atoms with Crippen LogP contribution in [0.3, 0.4) is 0 Å². The maximum absolute atomic E-state index is 12.7. The minimum Gasteiger partial charge on any atom is -0.462 e. The number of esters is 3. The standard InChI is InChI=1S/C48H92O6/c1-6-7-8-26-33-38-46(49)52-41-45(42-53-47(50)39-34-29-25-21-23-28-32-37-44(4)5)54-48(51)40-35-30-24-20-18-16-14-12-10-9-11-13-15-17-19-22-27-31-36-43(2)3/h43-45H,6-42H2,1-5H3/t45-/m1/s1. The first-order valence-electron chi connectivity index (χ1n) is 23.7. The van der Waals surface area contributed by atoms with Gasteiger partial charge in [-0.3, -0.25) is 14.4 Å². The van der Waals surface area contributed by atoms with E-state index in [0.717, 1.165) is 76.0 Å². The minimum atomic E-state index is -0.759. The molecule has 0 bridgehead atoms. The summed E-state index contributed by atoms with van der Waals surface area (Å²) < 4.78 is 16.6. The lowest BCUT2D eigenvalue weighted by Crippen LogP contribution is -2.30. The van der Waals surface area contributed by atoms with E-state index in [9.17, 15) is 14.4 Å². The van der Waals surface area contributed by atoms with Crippen LogP contribution in [0.15, 0.2) is 0 Å². The summed E-state index contributed by atoms with van der Waals surface area (Å²) in [5, 5.41) is 0. The summed E-state index contributed by atoms with van der Waals surface area (Å²) in [5.41, 5.74) is 0. The maximum atomic E-state index is 12.7. The van der Waals surface area contributed by atoms with Crippen LogP contribution in [-0.4, -0.2) is 37.2 Å². The van der Waals surface area contributed by atoms with Crippen LogP contribution in [0.4, 0.5) is 0 Å². The van der Waals surface area contributed by atoms with Crippen molar-refractivity contribution in [2.75, 3.05) is 13.2 Å². The number of hydrogen-bond acceptors (Lipinski definition) is 6. The Balaban J connectivity index is 4.07. The van der Waals surface area contributed by atoms with Crippen molar-refractivity contribution in [2.24, 2.45) is 11.8 Å². The Labute approximate surface area is 336 Å². The zero-order chi connectivity index (χ0) is 39.7. The van der Waals surface area contributed by atoms with E-state index in [2.05, 4.69) is 34.6 Å². The van der Waals surface area contributed by atoms with Crippen molar-refractivity contribution < 1.29 is 28.6 Å². The predicted molar refractivity (Wildman–Crippen MR) is 229 cm³/mol. The highest BCUT2D eigenvalue weighted by atomic mass is 16.6. The fourth-order valence-electron chi connectivity index (χ4n) is 7.11. The number of ether oxygens (including phenoxy) is 3. The second kappa shape index (κ2) is 41.1. The van der Waals surface area contributed by atoms with Gasteiger partial charge in [0, 0.05) is 19.3 Å². The quantitative estimate of drug-likeness (QED) is 0.0350. The van der Waals surface area contributed by atoms with Gasteiger partial charge in [0.15, 0.2) is 6.10 Å². The van der Waals surface area contributed by atoms with Crippen LogP contribution < -0.4 is 0 Å². The SMILES string of the molecule is CCCCCCCC(=O)OC[C@H](COC(=O)CCCCCCCCCC(C)C)OC(=O)CCCCCCCCCCCCCCCCCCCCC(C)C. The van der Waals surface area contributed by atoms with E-state index in [1.807, 2.05) is 0 Å². The first-order valence-corrected chi connectivity index (χ1v) is 23.7. The number of unbranched alkanes of at least 4 members (excludes halogenated alkanes) is 27. The summed E-state index contributed by atoms with van der Waals surface area (Å²) in [6.45, 7) is 11.2. The Kier molecular flexibility index (Phi) is 39.8. The lowest BCUT2D eigenvalue weighted by molar-refractivity contribution is -0.167. The van der Waals surface area contributed by atoms with Crippen molar-refractivity contribution in [3.8, 4) is 0 Å². The highest BCUT2D eigenvalue weighted by Gasteiger charge is 2.19. The van der Waals surface area contributed by atoms with Crippen molar-refractivity contribution in [2.45, 2.75) is 265 Å². The van der Waals surface area contributed by atoms with E-state index in [0.29, 0.717) is 19.3 Å². The van der Waals surface area contributed by atoms with Crippen LogP contribution >= 0.6 is 0 Å². The van der Waals surface area contributed by atoms with Crippen LogP contribution in [-0.2, 0) is 28.6 Å². The summed E-state index contributed by atoms with van der Waals surface area (Å²) in [7, 11) is 0. The van der Waals surface area contributed by atoms with Crippen molar-refractivity contribution in [1.29, 1.82) is 0 Å². The van der Waals surface area contributed by atoms with Crippen molar-refractivity contribution >= 4 is 17.9 Å². The Morgan fingerprint density at radius 3 is 0.907 bits per heavy atom. The largest absolute Gasteiger partial charge is 0.462 e. The van der Waals surface area contributed by atoms with Crippen molar-refractivity contribution in [3.05, 3.63) is 0 Å². The molecule has 0 aliphatic carbocycles. The smallest absolute Gasteiger partial charge is 0.306 e. The molecule has 0 saturated carbocycles. The summed E-state index contributed by atoms with van der Waals surface area (Å²) in [5.74, 6) is 0.768. The molecule has 0 amide bonds. The van der Waals surface area contributed by atoms with Gasteiger partial charge in [-0.15, -0.1) is 0 Å².